The van der Waals surface area contributed by atoms with Crippen LogP contribution in [0.4, 0.5) is 13.2 Å². The monoisotopic (exact) mass is 231 g/mol. The van der Waals surface area contributed by atoms with E-state index in [9.17, 15) is 13.2 Å². The van der Waals surface area contributed by atoms with Crippen molar-refractivity contribution in [2.24, 2.45) is 10.7 Å². The maximum absolute atomic E-state index is 12.2. The van der Waals surface area contributed by atoms with Crippen LogP contribution in [0.25, 0.3) is 0 Å². The molecule has 0 aliphatic rings. The molecule has 6 heteroatoms. The molecule has 88 valence electrons. The molecule has 0 radical (unpaired) electrons. The van der Waals surface area contributed by atoms with Gasteiger partial charge in [0.25, 0.3) is 0 Å². The summed E-state index contributed by atoms with van der Waals surface area (Å²) in [6.45, 7) is 0.349. The first-order chi connectivity index (χ1) is 7.43. The first-order valence-electron chi connectivity index (χ1n) is 4.55. The molecule has 1 aromatic rings. The molecule has 3 N–H and O–H groups in total. The van der Waals surface area contributed by atoms with E-state index in [1.54, 1.807) is 0 Å². The summed E-state index contributed by atoms with van der Waals surface area (Å²) in [5.74, 6) is 0.250. The number of aliphatic imine (C=N–C) groups is 1. The SMILES string of the molecule is CN=C(N)NCc1ccc(C(F)(F)F)cc1. The smallest absolute Gasteiger partial charge is 0.370 e. The van der Waals surface area contributed by atoms with Gasteiger partial charge in [-0.2, -0.15) is 13.2 Å². The third-order valence-electron chi connectivity index (χ3n) is 2.00. The fourth-order valence-corrected chi connectivity index (χ4v) is 1.08. The number of hydrogen-bond acceptors (Lipinski definition) is 1. The molecule has 0 saturated carbocycles. The molecular formula is C10H12F3N3. The number of nitrogens with two attached hydrogens (primary N) is 1. The quantitative estimate of drug-likeness (QED) is 0.601. The highest BCUT2D eigenvalue weighted by molar-refractivity contribution is 5.77. The third-order valence-corrected chi connectivity index (χ3v) is 2.00. The van der Waals surface area contributed by atoms with Gasteiger partial charge in [-0.25, -0.2) is 0 Å². The van der Waals surface area contributed by atoms with Gasteiger partial charge in [0.1, 0.15) is 0 Å². The van der Waals surface area contributed by atoms with Crippen LogP contribution in [-0.4, -0.2) is 13.0 Å². The third kappa shape index (κ3) is 3.45. The Kier molecular flexibility index (Phi) is 3.76. The lowest BCUT2D eigenvalue weighted by Gasteiger charge is -2.08. The second-order valence-corrected chi connectivity index (χ2v) is 3.16. The van der Waals surface area contributed by atoms with Crippen molar-refractivity contribution in [3.63, 3.8) is 0 Å². The van der Waals surface area contributed by atoms with Crippen molar-refractivity contribution in [1.82, 2.24) is 5.32 Å². The maximum atomic E-state index is 12.2. The molecule has 0 aromatic heterocycles. The average molecular weight is 231 g/mol. The molecule has 1 aromatic carbocycles. The number of nitrogens with zero attached hydrogens (tertiary/aromatic N) is 1. The van der Waals surface area contributed by atoms with Crippen LogP contribution in [0, 0.1) is 0 Å². The second kappa shape index (κ2) is 4.87. The van der Waals surface area contributed by atoms with Crippen molar-refractivity contribution in [2.45, 2.75) is 12.7 Å². The van der Waals surface area contributed by atoms with Crippen molar-refractivity contribution in [3.05, 3.63) is 35.4 Å². The molecule has 0 spiro atoms. The molecule has 16 heavy (non-hydrogen) atoms. The Morgan fingerprint density at radius 2 is 1.88 bits per heavy atom. The zero-order valence-electron chi connectivity index (χ0n) is 8.67. The van der Waals surface area contributed by atoms with E-state index in [0.717, 1.165) is 12.1 Å². The van der Waals surface area contributed by atoms with Crippen LogP contribution in [0.3, 0.4) is 0 Å². The van der Waals surface area contributed by atoms with E-state index in [1.807, 2.05) is 0 Å². The van der Waals surface area contributed by atoms with E-state index in [0.29, 0.717) is 12.1 Å². The van der Waals surface area contributed by atoms with Gasteiger partial charge in [-0.05, 0) is 17.7 Å². The van der Waals surface area contributed by atoms with E-state index in [4.69, 9.17) is 5.73 Å². The number of halogens is 3. The summed E-state index contributed by atoms with van der Waals surface area (Å²) < 4.78 is 36.7. The number of benzene rings is 1. The fraction of sp³-hybridized carbons (Fsp3) is 0.300. The standard InChI is InChI=1S/C10H12F3N3/c1-15-9(14)16-6-7-2-4-8(5-3-7)10(11,12)13/h2-5H,6H2,1H3,(H3,14,15,16). The highest BCUT2D eigenvalue weighted by Crippen LogP contribution is 2.28. The zero-order valence-corrected chi connectivity index (χ0v) is 8.67. The average Bonchev–Trinajstić information content (AvgIpc) is 2.25. The molecule has 0 fully saturated rings. The van der Waals surface area contributed by atoms with Gasteiger partial charge in [-0.1, -0.05) is 12.1 Å². The molecule has 0 bridgehead atoms. The Balaban J connectivity index is 2.65. The lowest BCUT2D eigenvalue weighted by atomic mass is 10.1. The Morgan fingerprint density at radius 3 is 2.31 bits per heavy atom. The van der Waals surface area contributed by atoms with Gasteiger partial charge >= 0.3 is 6.18 Å². The minimum absolute atomic E-state index is 0.250. The van der Waals surface area contributed by atoms with Crippen molar-refractivity contribution < 1.29 is 13.2 Å². The summed E-state index contributed by atoms with van der Waals surface area (Å²) >= 11 is 0. The number of nitrogens with one attached hydrogen (secondary N) is 1. The molecule has 0 atom stereocenters. The van der Waals surface area contributed by atoms with Gasteiger partial charge in [-0.3, -0.25) is 4.99 Å². The summed E-state index contributed by atoms with van der Waals surface area (Å²) in [6, 6.07) is 4.88. The van der Waals surface area contributed by atoms with Gasteiger partial charge in [0.05, 0.1) is 5.56 Å². The molecule has 0 heterocycles. The predicted molar refractivity (Wildman–Crippen MR) is 55.8 cm³/mol. The van der Waals surface area contributed by atoms with E-state index in [1.165, 1.54) is 19.2 Å². The van der Waals surface area contributed by atoms with E-state index < -0.39 is 11.7 Å². The van der Waals surface area contributed by atoms with E-state index in [2.05, 4.69) is 10.3 Å². The minimum atomic E-state index is -4.30. The molecule has 0 aliphatic carbocycles. The summed E-state index contributed by atoms with van der Waals surface area (Å²) in [5.41, 5.74) is 5.43. The number of guanidine groups is 1. The molecule has 0 saturated heterocycles. The van der Waals surface area contributed by atoms with Crippen molar-refractivity contribution >= 4 is 5.96 Å². The van der Waals surface area contributed by atoms with E-state index in [-0.39, 0.29) is 5.96 Å². The molecule has 0 aliphatic heterocycles. The zero-order chi connectivity index (χ0) is 12.2. The number of hydrogen-bond donors (Lipinski definition) is 2. The van der Waals surface area contributed by atoms with Gasteiger partial charge in [-0.15, -0.1) is 0 Å². The summed E-state index contributed by atoms with van der Waals surface area (Å²) in [4.78, 5) is 3.66. The Bertz CT molecular complexity index is 368. The van der Waals surface area contributed by atoms with Crippen LogP contribution in [0.2, 0.25) is 0 Å². The van der Waals surface area contributed by atoms with Gasteiger partial charge < -0.3 is 11.1 Å². The van der Waals surface area contributed by atoms with Crippen LogP contribution in [0.15, 0.2) is 29.3 Å². The summed E-state index contributed by atoms with van der Waals surface area (Å²) in [5, 5.41) is 2.75. The van der Waals surface area contributed by atoms with Crippen LogP contribution in [0.1, 0.15) is 11.1 Å². The molecule has 1 rings (SSSR count). The molecular weight excluding hydrogens is 219 g/mol. The van der Waals surface area contributed by atoms with Gasteiger partial charge in [0, 0.05) is 13.6 Å². The highest BCUT2D eigenvalue weighted by atomic mass is 19.4. The second-order valence-electron chi connectivity index (χ2n) is 3.16. The maximum Gasteiger partial charge on any atom is 0.416 e. The van der Waals surface area contributed by atoms with Gasteiger partial charge in [0.2, 0.25) is 0 Å². The van der Waals surface area contributed by atoms with Crippen molar-refractivity contribution in [1.29, 1.82) is 0 Å². The fourth-order valence-electron chi connectivity index (χ4n) is 1.08. The summed E-state index contributed by atoms with van der Waals surface area (Å²) in [7, 11) is 1.52. The number of rotatable bonds is 2. The van der Waals surface area contributed by atoms with Crippen LogP contribution in [-0.2, 0) is 12.7 Å². The topological polar surface area (TPSA) is 50.4 Å². The first-order valence-corrected chi connectivity index (χ1v) is 4.55. The minimum Gasteiger partial charge on any atom is -0.370 e. The van der Waals surface area contributed by atoms with Crippen molar-refractivity contribution in [3.8, 4) is 0 Å². The Hall–Kier alpha value is -1.72. The number of alkyl halides is 3. The van der Waals surface area contributed by atoms with Gasteiger partial charge in [0.15, 0.2) is 5.96 Å². The Labute approximate surface area is 91.2 Å². The summed E-state index contributed by atoms with van der Waals surface area (Å²) in [6.07, 6.45) is -4.30. The predicted octanol–water partition coefficient (Wildman–Crippen LogP) is 1.74. The highest BCUT2D eigenvalue weighted by Gasteiger charge is 2.29. The molecule has 0 unspecified atom stereocenters. The van der Waals surface area contributed by atoms with Crippen LogP contribution in [0.5, 0.6) is 0 Å². The Morgan fingerprint density at radius 1 is 1.31 bits per heavy atom. The van der Waals surface area contributed by atoms with Crippen molar-refractivity contribution in [2.75, 3.05) is 7.05 Å². The molecule has 3 nitrogen and oxygen atoms in total. The van der Waals surface area contributed by atoms with Crippen LogP contribution >= 0.6 is 0 Å². The lowest BCUT2D eigenvalue weighted by molar-refractivity contribution is -0.137. The largest absolute Gasteiger partial charge is 0.416 e. The molecule has 0 amide bonds. The van der Waals surface area contributed by atoms with E-state index >= 15 is 0 Å². The first kappa shape index (κ1) is 12.4. The normalized spacial score (nSPS) is 12.6. The van der Waals surface area contributed by atoms with Crippen LogP contribution < -0.4 is 11.1 Å². The lowest BCUT2D eigenvalue weighted by Crippen LogP contribution is -2.30.